The molecule has 1 aliphatic carbocycles. The van der Waals surface area contributed by atoms with Gasteiger partial charge in [-0.3, -0.25) is 9.48 Å². The van der Waals surface area contributed by atoms with Crippen molar-refractivity contribution in [3.63, 3.8) is 0 Å². The van der Waals surface area contributed by atoms with Gasteiger partial charge in [-0.2, -0.15) is 5.10 Å². The van der Waals surface area contributed by atoms with Crippen LogP contribution in [0.15, 0.2) is 46.2 Å². The van der Waals surface area contributed by atoms with Crippen molar-refractivity contribution in [1.82, 2.24) is 14.8 Å². The predicted molar refractivity (Wildman–Crippen MR) is 110 cm³/mol. The molecular weight excluding hydrogens is 392 g/mol. The number of nitrogens with two attached hydrogens (primary N) is 1. The maximum atomic E-state index is 12.6. The van der Waals surface area contributed by atoms with Crippen LogP contribution in [0, 0.1) is 0 Å². The number of benzene rings is 1. The van der Waals surface area contributed by atoms with Crippen molar-refractivity contribution in [1.29, 1.82) is 0 Å². The number of pyridine rings is 1. The average Bonchev–Trinajstić information content (AvgIpc) is 3.09. The van der Waals surface area contributed by atoms with Crippen molar-refractivity contribution in [2.45, 2.75) is 55.6 Å². The molecule has 1 saturated carbocycles. The number of primary sulfonamides is 1. The molecule has 29 heavy (non-hydrogen) atoms. The van der Waals surface area contributed by atoms with Crippen LogP contribution >= 0.6 is 0 Å². The number of aliphatic hydroxyl groups is 1. The first-order chi connectivity index (χ1) is 13.7. The zero-order chi connectivity index (χ0) is 20.8. The van der Waals surface area contributed by atoms with Crippen LogP contribution in [0.4, 0.5) is 0 Å². The highest BCUT2D eigenvalue weighted by molar-refractivity contribution is 7.89. The second-order valence-corrected chi connectivity index (χ2v) is 9.30. The Hall–Kier alpha value is -2.49. The predicted octanol–water partition coefficient (Wildman–Crippen LogP) is 2.30. The highest BCUT2D eigenvalue weighted by Crippen LogP contribution is 2.38. The Balaban J connectivity index is 1.79. The topological polar surface area (TPSA) is 131 Å². The fourth-order valence-electron chi connectivity index (χ4n) is 4.12. The number of aromatic nitrogens is 3. The van der Waals surface area contributed by atoms with Crippen LogP contribution in [-0.2, 0) is 10.0 Å². The van der Waals surface area contributed by atoms with Crippen molar-refractivity contribution >= 4 is 20.9 Å². The lowest BCUT2D eigenvalue weighted by molar-refractivity contribution is -0.0114. The summed E-state index contributed by atoms with van der Waals surface area (Å²) in [7, 11) is -3.80. The molecule has 0 bridgehead atoms. The van der Waals surface area contributed by atoms with Crippen LogP contribution in [0.25, 0.3) is 22.2 Å². The van der Waals surface area contributed by atoms with Gasteiger partial charge in [-0.1, -0.05) is 19.1 Å². The first-order valence-corrected chi connectivity index (χ1v) is 11.2. The van der Waals surface area contributed by atoms with Gasteiger partial charge in [0.05, 0.1) is 27.4 Å². The average molecular weight is 417 g/mol. The lowest BCUT2D eigenvalue weighted by atomic mass is 9.80. The van der Waals surface area contributed by atoms with Gasteiger partial charge in [0.2, 0.25) is 10.0 Å². The smallest absolute Gasteiger partial charge is 0.259 e. The molecule has 0 atom stereocenters. The Bertz CT molecular complexity index is 1200. The van der Waals surface area contributed by atoms with E-state index in [1.54, 1.807) is 18.3 Å². The number of hydrogen-bond acceptors (Lipinski definition) is 5. The van der Waals surface area contributed by atoms with Crippen LogP contribution in [-0.4, -0.2) is 33.9 Å². The van der Waals surface area contributed by atoms with Crippen LogP contribution in [0.1, 0.15) is 45.1 Å². The minimum absolute atomic E-state index is 0.00466. The second-order valence-electron chi connectivity index (χ2n) is 7.74. The number of H-pyrrole nitrogens is 1. The molecule has 154 valence electrons. The molecule has 9 heteroatoms. The Morgan fingerprint density at radius 2 is 1.90 bits per heavy atom. The summed E-state index contributed by atoms with van der Waals surface area (Å²) in [6.07, 6.45) is 5.26. The van der Waals surface area contributed by atoms with Gasteiger partial charge < -0.3 is 10.1 Å². The molecule has 4 rings (SSSR count). The van der Waals surface area contributed by atoms with Gasteiger partial charge in [-0.15, -0.1) is 0 Å². The van der Waals surface area contributed by atoms with Gasteiger partial charge in [0, 0.05) is 11.8 Å². The fraction of sp³-hybridized carbons (Fsp3) is 0.400. The van der Waals surface area contributed by atoms with E-state index in [-0.39, 0.29) is 16.5 Å². The molecule has 4 N–H and O–H groups in total. The Morgan fingerprint density at radius 3 is 2.48 bits per heavy atom. The zero-order valence-corrected chi connectivity index (χ0v) is 16.9. The molecule has 0 aliphatic heterocycles. The highest BCUT2D eigenvalue weighted by atomic mass is 32.2. The molecule has 0 radical (unpaired) electrons. The molecular formula is C20H24N4O4S. The third-order valence-electron chi connectivity index (χ3n) is 5.98. The van der Waals surface area contributed by atoms with Crippen molar-refractivity contribution < 1.29 is 13.5 Å². The summed E-state index contributed by atoms with van der Waals surface area (Å²) >= 11 is 0. The molecule has 2 aromatic heterocycles. The van der Waals surface area contributed by atoms with E-state index in [1.807, 2.05) is 17.7 Å². The van der Waals surface area contributed by atoms with E-state index in [2.05, 4.69) is 4.98 Å². The Labute approximate surface area is 168 Å². The third kappa shape index (κ3) is 3.61. The zero-order valence-electron chi connectivity index (χ0n) is 16.1. The molecule has 0 amide bonds. The molecule has 8 nitrogen and oxygen atoms in total. The van der Waals surface area contributed by atoms with Gasteiger partial charge in [0.15, 0.2) is 0 Å². The van der Waals surface area contributed by atoms with Crippen LogP contribution < -0.4 is 10.7 Å². The summed E-state index contributed by atoms with van der Waals surface area (Å²) in [4.78, 5) is 15.3. The molecule has 1 fully saturated rings. The summed E-state index contributed by atoms with van der Waals surface area (Å²) in [5, 5.41) is 20.9. The van der Waals surface area contributed by atoms with Crippen molar-refractivity contribution in [2.75, 3.05) is 0 Å². The second kappa shape index (κ2) is 7.08. The highest BCUT2D eigenvalue weighted by Gasteiger charge is 2.33. The summed E-state index contributed by atoms with van der Waals surface area (Å²) in [5.41, 5.74) is 0.993. The Kier molecular flexibility index (Phi) is 4.84. The van der Waals surface area contributed by atoms with E-state index >= 15 is 0 Å². The number of nitrogens with zero attached hydrogens (tertiary/aromatic N) is 2. The molecule has 1 aromatic carbocycles. The van der Waals surface area contributed by atoms with E-state index in [1.165, 1.54) is 12.1 Å². The van der Waals surface area contributed by atoms with E-state index in [9.17, 15) is 18.3 Å². The molecule has 0 spiro atoms. The Morgan fingerprint density at radius 1 is 1.24 bits per heavy atom. The number of fused-ring (bicyclic) bond motifs is 1. The molecule has 2 heterocycles. The van der Waals surface area contributed by atoms with Crippen molar-refractivity contribution in [3.8, 4) is 11.3 Å². The maximum Gasteiger partial charge on any atom is 0.259 e. The van der Waals surface area contributed by atoms with E-state index in [0.717, 1.165) is 24.8 Å². The van der Waals surface area contributed by atoms with Gasteiger partial charge in [-0.25, -0.2) is 13.6 Å². The monoisotopic (exact) mass is 416 g/mol. The summed E-state index contributed by atoms with van der Waals surface area (Å²) < 4.78 is 24.9. The van der Waals surface area contributed by atoms with E-state index in [0.29, 0.717) is 29.5 Å². The fourth-order valence-corrected chi connectivity index (χ4v) is 4.64. The minimum atomic E-state index is -3.80. The lowest BCUT2D eigenvalue weighted by Crippen LogP contribution is -2.34. The largest absolute Gasteiger partial charge is 0.390 e. The van der Waals surface area contributed by atoms with Gasteiger partial charge in [-0.05, 0) is 50.3 Å². The lowest BCUT2D eigenvalue weighted by Gasteiger charge is -2.35. The maximum absolute atomic E-state index is 12.6. The standard InChI is InChI=1S/C20H24N4O4S/c1-2-20(26)10-7-14(8-11-20)24-16-9-12-22-19(25)17(16)18(23-24)13-3-5-15(6-4-13)29(21,27)28/h3-6,9,12,14,26H,2,7-8,10-11H2,1H3,(H,22,25)(H2,21,27,28)/t14-,20+. The van der Waals surface area contributed by atoms with Gasteiger partial charge in [0.25, 0.3) is 5.56 Å². The molecule has 3 aromatic rings. The van der Waals surface area contributed by atoms with Gasteiger partial charge in [0.1, 0.15) is 5.69 Å². The first kappa shape index (κ1) is 19.8. The molecule has 0 saturated heterocycles. The first-order valence-electron chi connectivity index (χ1n) is 9.67. The quantitative estimate of drug-likeness (QED) is 0.600. The van der Waals surface area contributed by atoms with Crippen LogP contribution in [0.3, 0.4) is 0 Å². The third-order valence-corrected chi connectivity index (χ3v) is 6.91. The number of rotatable bonds is 4. The molecule has 0 unspecified atom stereocenters. The van der Waals surface area contributed by atoms with Crippen molar-refractivity contribution in [2.24, 2.45) is 5.14 Å². The number of aromatic amines is 1. The van der Waals surface area contributed by atoms with Crippen molar-refractivity contribution in [3.05, 3.63) is 46.9 Å². The van der Waals surface area contributed by atoms with Crippen LogP contribution in [0.5, 0.6) is 0 Å². The van der Waals surface area contributed by atoms with E-state index in [4.69, 9.17) is 10.2 Å². The normalized spacial score (nSPS) is 22.8. The minimum Gasteiger partial charge on any atom is -0.390 e. The molecule has 1 aliphatic rings. The van der Waals surface area contributed by atoms with E-state index < -0.39 is 15.6 Å². The van der Waals surface area contributed by atoms with Gasteiger partial charge >= 0.3 is 0 Å². The summed E-state index contributed by atoms with van der Waals surface area (Å²) in [6.45, 7) is 1.99. The number of nitrogens with one attached hydrogen (secondary N) is 1. The number of sulfonamides is 1. The number of hydrogen-bond donors (Lipinski definition) is 3. The SMILES string of the molecule is CC[C@]1(O)CC[C@@H](n2nc(-c3ccc(S(N)(=O)=O)cc3)c3c(=O)[nH]ccc32)CC1. The summed E-state index contributed by atoms with van der Waals surface area (Å²) in [5.74, 6) is 0. The van der Waals surface area contributed by atoms with Crippen LogP contribution in [0.2, 0.25) is 0 Å². The summed E-state index contributed by atoms with van der Waals surface area (Å²) in [6, 6.07) is 7.95.